The van der Waals surface area contributed by atoms with Crippen molar-refractivity contribution in [1.82, 2.24) is 19.4 Å². The highest BCUT2D eigenvalue weighted by Crippen LogP contribution is 2.37. The van der Waals surface area contributed by atoms with Gasteiger partial charge >= 0.3 is 40.0 Å². The van der Waals surface area contributed by atoms with Crippen LogP contribution in [0.25, 0.3) is 0 Å². The number of aliphatic hydroxyl groups is 3. The van der Waals surface area contributed by atoms with E-state index in [1.165, 1.54) is 7.05 Å². The zero-order chi connectivity index (χ0) is 51.3. The van der Waals surface area contributed by atoms with Crippen LogP contribution in [0.4, 0.5) is 0 Å². The lowest BCUT2D eigenvalue weighted by Crippen LogP contribution is -2.60. The molecule has 69 heavy (non-hydrogen) atoms. The fourth-order valence-electron chi connectivity index (χ4n) is 8.83. The van der Waals surface area contributed by atoms with Gasteiger partial charge in [0.05, 0.1) is 6.42 Å². The van der Waals surface area contributed by atoms with Crippen LogP contribution in [-0.4, -0.2) is 188 Å². The van der Waals surface area contributed by atoms with E-state index in [1.54, 1.807) is 6.92 Å². The van der Waals surface area contributed by atoms with Crippen molar-refractivity contribution in [2.24, 2.45) is 11.7 Å². The van der Waals surface area contributed by atoms with Crippen molar-refractivity contribution < 1.29 is 90.3 Å². The number of nitrogens with zero attached hydrogens (tertiary/aromatic N) is 3. The molecule has 0 bridgehead atoms. The van der Waals surface area contributed by atoms with E-state index in [-0.39, 0.29) is 19.3 Å². The predicted octanol–water partition coefficient (Wildman–Crippen LogP) is -1.37. The molecule has 0 saturated carbocycles. The number of unbranched alkanes of at least 4 members (excludes halogenated alkanes) is 8. The Morgan fingerprint density at radius 2 is 1.54 bits per heavy atom. The minimum Gasteiger partial charge on any atom is -0.481 e. The summed E-state index contributed by atoms with van der Waals surface area (Å²) in [5, 5.41) is 53.4. The molecule has 5 unspecified atom stereocenters. The summed E-state index contributed by atoms with van der Waals surface area (Å²) in [7, 11) is -3.06. The van der Waals surface area contributed by atoms with Crippen LogP contribution in [0.2, 0.25) is 0 Å². The Morgan fingerprint density at radius 3 is 2.12 bits per heavy atom. The second-order valence-corrected chi connectivity index (χ2v) is 18.9. The number of amides is 1. The number of esters is 2. The summed E-state index contributed by atoms with van der Waals surface area (Å²) < 4.78 is 67.9. The number of H-pyrrole nitrogens is 1. The van der Waals surface area contributed by atoms with E-state index >= 15 is 0 Å². The number of ether oxygens (including phenoxy) is 5. The standard InChI is InChI=1S/C42H67N5O21S/c1-5-6-7-8-9-10-11-12-13-14-23(63-28(51)18-22(2)17-27(49)50)19-29(52)64-25-21-45(3)31(38(56)46(4)30(25)40(57)58)35(67-41-37(68-69(60,61)62)32(53)24(20-43)65-41)36-33(54)34(55)39(66-36)47-16-15-26(48)44-42(47)59/h15-16,22-25,30-37,39,41,53-55H,5-14,17-21,43H2,1-4H3,(H,49,50)(H,57,58)(H,44,48,59)(H,60,61,62)/t22?,23-,24-,25?,30?,31?,32+,33+,34-,35?,36+,37+,39-,41+/m1/s1. The molecule has 3 saturated heterocycles. The average molecular weight is 1010 g/mol. The van der Waals surface area contributed by atoms with Crippen molar-refractivity contribution >= 4 is 40.2 Å². The Labute approximate surface area is 397 Å². The number of aromatic amines is 1. The van der Waals surface area contributed by atoms with Crippen molar-refractivity contribution in [3.63, 3.8) is 0 Å². The molecule has 392 valence electrons. The van der Waals surface area contributed by atoms with Crippen molar-refractivity contribution in [3.05, 3.63) is 33.1 Å². The molecule has 1 aromatic heterocycles. The minimum absolute atomic E-state index is 0.212. The van der Waals surface area contributed by atoms with Gasteiger partial charge in [-0.1, -0.05) is 65.2 Å². The van der Waals surface area contributed by atoms with E-state index in [0.717, 1.165) is 75.6 Å². The highest BCUT2D eigenvalue weighted by molar-refractivity contribution is 7.80. The van der Waals surface area contributed by atoms with Gasteiger partial charge in [-0.05, 0) is 25.8 Å². The van der Waals surface area contributed by atoms with Crippen LogP contribution >= 0.6 is 0 Å². The molecule has 3 aliphatic heterocycles. The number of carboxylic acid groups (broad SMARTS) is 2. The summed E-state index contributed by atoms with van der Waals surface area (Å²) in [5.41, 5.74) is 3.79. The van der Waals surface area contributed by atoms with Crippen molar-refractivity contribution in [2.75, 3.05) is 27.2 Å². The van der Waals surface area contributed by atoms with Crippen LogP contribution in [-0.2, 0) is 62.2 Å². The fourth-order valence-corrected chi connectivity index (χ4v) is 9.31. The number of carboxylic acids is 2. The minimum atomic E-state index is -5.36. The van der Waals surface area contributed by atoms with E-state index in [9.17, 15) is 72.1 Å². The SMILES string of the molecule is CCCCCCCCCCC[C@H](CC(=O)OC1CN(C)C(C(O[C@@H]2O[C@H](CN)[C@H](O)[C@@H]2OS(=O)(=O)O)[C@H]2O[C@@H](n3ccc(=O)[nH]c3=O)[C@H](O)[C@@H]2O)C(=O)N(C)C1C(=O)O)OC(=O)CC(C)CC(=O)O. The second-order valence-electron chi connectivity index (χ2n) is 17.8. The Bertz CT molecular complexity index is 2120. The first-order chi connectivity index (χ1) is 32.5. The Kier molecular flexibility index (Phi) is 21.7. The predicted molar refractivity (Wildman–Crippen MR) is 235 cm³/mol. The number of carbonyl (C=O) groups excluding carboxylic acids is 3. The van der Waals surface area contributed by atoms with E-state index in [1.807, 2.05) is 4.98 Å². The lowest BCUT2D eigenvalue weighted by molar-refractivity contribution is -0.230. The Balaban J connectivity index is 1.65. The lowest BCUT2D eigenvalue weighted by atomic mass is 9.97. The van der Waals surface area contributed by atoms with Gasteiger partial charge < -0.3 is 59.9 Å². The normalized spacial score (nSPS) is 29.0. The van der Waals surface area contributed by atoms with Crippen LogP contribution < -0.4 is 17.0 Å². The molecule has 4 rings (SSSR count). The summed E-state index contributed by atoms with van der Waals surface area (Å²) in [6, 6.07) is -2.88. The maximum Gasteiger partial charge on any atom is 0.397 e. The molecular formula is C42H67N5O21S. The maximum atomic E-state index is 14.6. The van der Waals surface area contributed by atoms with Crippen LogP contribution in [0.3, 0.4) is 0 Å². The molecule has 9 N–H and O–H groups in total. The summed E-state index contributed by atoms with van der Waals surface area (Å²) >= 11 is 0. The highest BCUT2D eigenvalue weighted by atomic mass is 32.3. The van der Waals surface area contributed by atoms with Gasteiger partial charge in [-0.3, -0.25) is 43.0 Å². The third-order valence-corrected chi connectivity index (χ3v) is 12.8. The number of hydrogen-bond acceptors (Lipinski definition) is 20. The van der Waals surface area contributed by atoms with Gasteiger partial charge in [0.2, 0.25) is 5.91 Å². The van der Waals surface area contributed by atoms with Gasteiger partial charge in [0, 0.05) is 45.2 Å². The van der Waals surface area contributed by atoms with Gasteiger partial charge in [0.15, 0.2) is 24.7 Å². The lowest BCUT2D eigenvalue weighted by Gasteiger charge is -2.38. The Hall–Kier alpha value is -4.42. The van der Waals surface area contributed by atoms with E-state index in [4.69, 9.17) is 29.4 Å². The quantitative estimate of drug-likeness (QED) is 0.0286. The van der Waals surface area contributed by atoms with Crippen molar-refractivity contribution in [1.29, 1.82) is 0 Å². The third kappa shape index (κ3) is 16.0. The molecule has 26 nitrogen and oxygen atoms in total. The first-order valence-corrected chi connectivity index (χ1v) is 24.3. The number of likely N-dealkylation sites (N-methyl/N-ethyl adjacent to an activating group) is 2. The molecule has 0 radical (unpaired) electrons. The highest BCUT2D eigenvalue weighted by Gasteiger charge is 2.58. The van der Waals surface area contributed by atoms with Crippen molar-refractivity contribution in [2.45, 2.75) is 177 Å². The van der Waals surface area contributed by atoms with Gasteiger partial charge in [0.25, 0.3) is 5.56 Å². The molecule has 1 amide bonds. The van der Waals surface area contributed by atoms with E-state index in [2.05, 4.69) is 11.1 Å². The monoisotopic (exact) mass is 1010 g/mol. The molecule has 14 atom stereocenters. The number of nitrogens with one attached hydrogen (secondary N) is 1. The largest absolute Gasteiger partial charge is 0.481 e. The molecule has 0 spiro atoms. The number of aromatic nitrogens is 2. The zero-order valence-electron chi connectivity index (χ0n) is 39.0. The molecule has 3 fully saturated rings. The van der Waals surface area contributed by atoms with Crippen LogP contribution in [0.1, 0.15) is 104 Å². The van der Waals surface area contributed by atoms with E-state index < -0.39 is 156 Å². The summed E-state index contributed by atoms with van der Waals surface area (Å²) in [6.07, 6.45) is -11.3. The van der Waals surface area contributed by atoms with Crippen LogP contribution in [0.15, 0.2) is 21.9 Å². The third-order valence-electron chi connectivity index (χ3n) is 12.3. The summed E-state index contributed by atoms with van der Waals surface area (Å²) in [5.74, 6) is -6.27. The van der Waals surface area contributed by atoms with Crippen molar-refractivity contribution in [3.8, 4) is 0 Å². The molecule has 27 heteroatoms. The van der Waals surface area contributed by atoms with Gasteiger partial charge in [-0.25, -0.2) is 13.8 Å². The molecule has 1 aromatic rings. The van der Waals surface area contributed by atoms with Crippen LogP contribution in [0, 0.1) is 5.92 Å². The second kappa shape index (κ2) is 26.1. The Morgan fingerprint density at radius 1 is 0.899 bits per heavy atom. The number of aliphatic hydroxyl groups excluding tert-OH is 3. The average Bonchev–Trinajstić information content (AvgIpc) is 3.67. The molecule has 0 aliphatic carbocycles. The van der Waals surface area contributed by atoms with Crippen LogP contribution in [0.5, 0.6) is 0 Å². The zero-order valence-corrected chi connectivity index (χ0v) is 39.8. The number of nitrogens with two attached hydrogens (primary N) is 1. The first kappa shape index (κ1) is 57.2. The maximum absolute atomic E-state index is 14.6. The van der Waals surface area contributed by atoms with Gasteiger partial charge in [0.1, 0.15) is 54.9 Å². The summed E-state index contributed by atoms with van der Waals surface area (Å²) in [6.45, 7) is 2.61. The first-order valence-electron chi connectivity index (χ1n) is 23.0. The fraction of sp³-hybridized carbons (Fsp3) is 0.786. The number of aliphatic carboxylic acids is 2. The van der Waals surface area contributed by atoms with Gasteiger partial charge in [-0.15, -0.1) is 0 Å². The topological polar surface area (TPSA) is 384 Å². The number of rotatable bonds is 27. The number of hydrogen-bond donors (Lipinski definition) is 8. The number of carbonyl (C=O) groups is 5. The van der Waals surface area contributed by atoms with E-state index in [0.29, 0.717) is 15.9 Å². The molecule has 4 heterocycles. The van der Waals surface area contributed by atoms with Gasteiger partial charge in [-0.2, -0.15) is 8.42 Å². The smallest absolute Gasteiger partial charge is 0.397 e. The molecule has 3 aliphatic rings. The molecular weight excluding hydrogens is 943 g/mol. The molecule has 0 aromatic carbocycles. The summed E-state index contributed by atoms with van der Waals surface area (Å²) in [4.78, 5) is 94.1.